The van der Waals surface area contributed by atoms with Crippen LogP contribution in [0.1, 0.15) is 19.3 Å². The Kier molecular flexibility index (Phi) is 8.34. The maximum Gasteiger partial charge on any atom is 0.246 e. The Hall–Kier alpha value is -4.32. The summed E-state index contributed by atoms with van der Waals surface area (Å²) in [6, 6.07) is 7.58. The highest BCUT2D eigenvalue weighted by molar-refractivity contribution is 5.93. The molecule has 2 aromatic carbocycles. The number of methoxy groups -OCH3 is 1. The zero-order valence-electron chi connectivity index (χ0n) is 22.1. The molecule has 1 saturated heterocycles. The summed E-state index contributed by atoms with van der Waals surface area (Å²) in [5.41, 5.74) is 0.989. The number of nitrogens with zero attached hydrogens (tertiary/aromatic N) is 5. The quantitative estimate of drug-likeness (QED) is 0.262. The first-order valence-electron chi connectivity index (χ1n) is 13.0. The van der Waals surface area contributed by atoms with Gasteiger partial charge in [0.15, 0.2) is 23.1 Å². The number of ether oxygens (including phenoxy) is 2. The molecule has 1 fully saturated rings. The molecular weight excluding hydrogens is 520 g/mol. The van der Waals surface area contributed by atoms with Crippen molar-refractivity contribution in [2.24, 2.45) is 0 Å². The Balaban J connectivity index is 1.23. The summed E-state index contributed by atoms with van der Waals surface area (Å²) in [6.45, 7) is 6.55. The van der Waals surface area contributed by atoms with Gasteiger partial charge in [-0.05, 0) is 50.9 Å². The van der Waals surface area contributed by atoms with Crippen LogP contribution >= 0.6 is 0 Å². The molecule has 1 aliphatic heterocycles. The van der Waals surface area contributed by atoms with Crippen LogP contribution in [0.2, 0.25) is 0 Å². The van der Waals surface area contributed by atoms with Crippen molar-refractivity contribution in [3.8, 4) is 11.5 Å². The van der Waals surface area contributed by atoms with Crippen molar-refractivity contribution in [3.63, 3.8) is 0 Å². The van der Waals surface area contributed by atoms with Gasteiger partial charge in [-0.2, -0.15) is 5.10 Å². The number of anilines is 3. The molecule has 3 heterocycles. The number of amides is 1. The number of benzene rings is 2. The topological polar surface area (TPSA) is 106 Å². The Labute approximate surface area is 230 Å². The van der Waals surface area contributed by atoms with Gasteiger partial charge in [0.2, 0.25) is 5.91 Å². The van der Waals surface area contributed by atoms with Gasteiger partial charge in [-0.3, -0.25) is 9.48 Å². The molecule has 2 N–H and O–H groups in total. The number of halogens is 2. The first-order valence-corrected chi connectivity index (χ1v) is 13.0. The number of likely N-dealkylation sites (tertiary alicyclic amines) is 1. The monoisotopic (exact) mass is 550 g/mol. The highest BCUT2D eigenvalue weighted by atomic mass is 19.2. The van der Waals surface area contributed by atoms with E-state index in [0.717, 1.165) is 32.0 Å². The number of fused-ring (bicyclic) bond motifs is 1. The second-order valence-corrected chi connectivity index (χ2v) is 9.48. The molecule has 0 aliphatic carbocycles. The van der Waals surface area contributed by atoms with Crippen molar-refractivity contribution in [1.29, 1.82) is 0 Å². The van der Waals surface area contributed by atoms with Crippen molar-refractivity contribution >= 4 is 34.0 Å². The van der Waals surface area contributed by atoms with Crippen LogP contribution in [0.25, 0.3) is 10.9 Å². The molecule has 0 spiro atoms. The fourth-order valence-corrected chi connectivity index (χ4v) is 4.66. The first kappa shape index (κ1) is 27.3. The van der Waals surface area contributed by atoms with Crippen LogP contribution in [-0.2, 0) is 11.3 Å². The summed E-state index contributed by atoms with van der Waals surface area (Å²) in [6.07, 6.45) is 7.77. The molecule has 5 rings (SSSR count). The second kappa shape index (κ2) is 12.2. The van der Waals surface area contributed by atoms with Crippen molar-refractivity contribution in [1.82, 2.24) is 24.6 Å². The lowest BCUT2D eigenvalue weighted by molar-refractivity contribution is -0.116. The molecule has 1 radical (unpaired) electrons. The van der Waals surface area contributed by atoms with Crippen molar-refractivity contribution in [2.45, 2.75) is 31.8 Å². The molecule has 0 unspecified atom stereocenters. The molecule has 1 atom stereocenters. The average molecular weight is 551 g/mol. The predicted molar refractivity (Wildman–Crippen MR) is 147 cm³/mol. The largest absolute Gasteiger partial charge is 0.493 e. The molecule has 1 amide bonds. The SMILES string of the molecule is [CH2][C@@H]1CCCN1CCCOc1cc2ncnc(Nc3cnn(CC(=O)Nc4cccc(F)c4F)c3)c2cc1OC. The summed E-state index contributed by atoms with van der Waals surface area (Å²) < 4.78 is 40.2. The summed E-state index contributed by atoms with van der Waals surface area (Å²) >= 11 is 0. The second-order valence-electron chi connectivity index (χ2n) is 9.48. The first-order chi connectivity index (χ1) is 19.4. The number of carbonyl (C=O) groups excluding carboxylic acids is 1. The predicted octanol–water partition coefficient (Wildman–Crippen LogP) is 4.56. The maximum absolute atomic E-state index is 13.8. The Morgan fingerprint density at radius 2 is 2.10 bits per heavy atom. The van der Waals surface area contributed by atoms with E-state index in [-0.39, 0.29) is 12.2 Å². The number of nitrogens with one attached hydrogen (secondary N) is 2. The fraction of sp³-hybridized carbons (Fsp3) is 0.321. The minimum atomic E-state index is -1.12. The number of hydrogen-bond acceptors (Lipinski definition) is 8. The van der Waals surface area contributed by atoms with Gasteiger partial charge >= 0.3 is 0 Å². The molecule has 1 aliphatic rings. The molecule has 4 aromatic rings. The normalized spacial score (nSPS) is 15.3. The highest BCUT2D eigenvalue weighted by Gasteiger charge is 2.20. The fourth-order valence-electron chi connectivity index (χ4n) is 4.66. The number of hydrogen-bond donors (Lipinski definition) is 2. The van der Waals surface area contributed by atoms with Crippen LogP contribution < -0.4 is 20.1 Å². The van der Waals surface area contributed by atoms with Crippen LogP contribution in [0.15, 0.2) is 49.1 Å². The van der Waals surface area contributed by atoms with Gasteiger partial charge in [0.1, 0.15) is 18.7 Å². The van der Waals surface area contributed by atoms with E-state index in [1.165, 1.54) is 35.8 Å². The minimum absolute atomic E-state index is 0.205. The van der Waals surface area contributed by atoms with Crippen molar-refractivity contribution in [2.75, 3.05) is 37.4 Å². The van der Waals surface area contributed by atoms with E-state index in [1.807, 2.05) is 12.1 Å². The lowest BCUT2D eigenvalue weighted by Crippen LogP contribution is -2.29. The van der Waals surface area contributed by atoms with Gasteiger partial charge in [-0.1, -0.05) is 6.07 Å². The molecule has 2 aromatic heterocycles. The van der Waals surface area contributed by atoms with Gasteiger partial charge in [0.05, 0.1) is 36.8 Å². The molecule has 40 heavy (non-hydrogen) atoms. The van der Waals surface area contributed by atoms with Gasteiger partial charge in [0.25, 0.3) is 0 Å². The summed E-state index contributed by atoms with van der Waals surface area (Å²) in [4.78, 5) is 23.5. The van der Waals surface area contributed by atoms with E-state index in [0.29, 0.717) is 46.6 Å². The molecule has 0 saturated carbocycles. The molecule has 12 heteroatoms. The van der Waals surface area contributed by atoms with E-state index < -0.39 is 17.5 Å². The lowest BCUT2D eigenvalue weighted by Gasteiger charge is -2.20. The van der Waals surface area contributed by atoms with E-state index in [4.69, 9.17) is 9.47 Å². The van der Waals surface area contributed by atoms with Gasteiger partial charge in [-0.25, -0.2) is 18.7 Å². The van der Waals surface area contributed by atoms with Crippen LogP contribution in [-0.4, -0.2) is 63.4 Å². The Bertz CT molecular complexity index is 1500. The van der Waals surface area contributed by atoms with Crippen LogP contribution in [0.3, 0.4) is 0 Å². The average Bonchev–Trinajstić information content (AvgIpc) is 3.56. The Morgan fingerprint density at radius 1 is 1.23 bits per heavy atom. The van der Waals surface area contributed by atoms with Crippen LogP contribution in [0.4, 0.5) is 26.0 Å². The third-order valence-electron chi connectivity index (χ3n) is 6.69. The molecule has 209 valence electrons. The van der Waals surface area contributed by atoms with Crippen LogP contribution in [0, 0.1) is 18.6 Å². The van der Waals surface area contributed by atoms with E-state index in [9.17, 15) is 13.6 Å². The number of carbonyl (C=O) groups is 1. The molecular formula is C28H30F2N7O3. The number of rotatable bonds is 11. The standard InChI is InChI=1S/C28H30F2N7O3/c1-18-6-4-9-36(18)10-5-11-40-25-13-23-20(12-24(25)39-2)28(32-17-31-23)34-19-14-33-37(15-19)16-26(38)35-22-8-3-7-21(29)27(22)30/h3,7-8,12-15,17-18H,1,4-6,9-11,16H2,2H3,(H,35,38)(H,31,32,34)/t18-/m1/s1. The van der Waals surface area contributed by atoms with Crippen molar-refractivity contribution in [3.05, 3.63) is 67.6 Å². The van der Waals surface area contributed by atoms with E-state index >= 15 is 0 Å². The third-order valence-corrected chi connectivity index (χ3v) is 6.69. The minimum Gasteiger partial charge on any atom is -0.493 e. The number of aromatic nitrogens is 4. The summed E-state index contributed by atoms with van der Waals surface area (Å²) in [5, 5.41) is 10.4. The summed E-state index contributed by atoms with van der Waals surface area (Å²) in [7, 11) is 1.58. The Morgan fingerprint density at radius 3 is 2.90 bits per heavy atom. The van der Waals surface area contributed by atoms with Crippen molar-refractivity contribution < 1.29 is 23.0 Å². The highest BCUT2D eigenvalue weighted by Crippen LogP contribution is 2.35. The van der Waals surface area contributed by atoms with Crippen LogP contribution in [0.5, 0.6) is 11.5 Å². The molecule has 0 bridgehead atoms. The zero-order chi connectivity index (χ0) is 28.1. The van der Waals surface area contributed by atoms with E-state index in [2.05, 4.69) is 37.5 Å². The third kappa shape index (κ3) is 6.28. The lowest BCUT2D eigenvalue weighted by atomic mass is 10.2. The van der Waals surface area contributed by atoms with E-state index in [1.54, 1.807) is 13.3 Å². The van der Waals surface area contributed by atoms with Gasteiger partial charge in [0, 0.05) is 30.2 Å². The van der Waals surface area contributed by atoms with Gasteiger partial charge < -0.3 is 25.0 Å². The van der Waals surface area contributed by atoms with Gasteiger partial charge in [-0.15, -0.1) is 0 Å². The smallest absolute Gasteiger partial charge is 0.246 e. The maximum atomic E-state index is 13.8. The zero-order valence-corrected chi connectivity index (χ0v) is 22.1. The summed E-state index contributed by atoms with van der Waals surface area (Å²) in [5.74, 6) is -1.06. The molecule has 10 nitrogen and oxygen atoms in total.